The van der Waals surface area contributed by atoms with Crippen molar-refractivity contribution in [3.05, 3.63) is 0 Å². The van der Waals surface area contributed by atoms with E-state index in [0.717, 1.165) is 6.92 Å². The molecule has 0 heterocycles. The third-order valence-electron chi connectivity index (χ3n) is 1.42. The van der Waals surface area contributed by atoms with Crippen molar-refractivity contribution >= 4 is 19.6 Å². The van der Waals surface area contributed by atoms with Gasteiger partial charge in [0.2, 0.25) is 0 Å². The van der Waals surface area contributed by atoms with E-state index < -0.39 is 32.3 Å². The molecule has 0 aliphatic rings. The third-order valence-corrected chi connectivity index (χ3v) is 1.91. The van der Waals surface area contributed by atoms with Crippen LogP contribution in [0.3, 0.4) is 0 Å². The molecule has 100 valence electrons. The van der Waals surface area contributed by atoms with Crippen LogP contribution in [0.15, 0.2) is 9.98 Å². The van der Waals surface area contributed by atoms with Crippen LogP contribution in [0.2, 0.25) is 0 Å². The second kappa shape index (κ2) is 12.7. The average molecular weight is 313 g/mol. The Bertz CT molecular complexity index is 344. The Kier molecular flexibility index (Phi) is 16.7. The van der Waals surface area contributed by atoms with E-state index in [2.05, 4.69) is 14.5 Å². The van der Waals surface area contributed by atoms with E-state index in [9.17, 15) is 14.8 Å². The van der Waals surface area contributed by atoms with Gasteiger partial charge in [0.25, 0.3) is 0 Å². The van der Waals surface area contributed by atoms with Gasteiger partial charge in [-0.05, 0) is 18.7 Å². The number of rotatable bonds is 7. The van der Waals surface area contributed by atoms with Crippen molar-refractivity contribution in [1.29, 1.82) is 0 Å². The second-order valence-electron chi connectivity index (χ2n) is 2.96. The molecule has 0 aromatic heterocycles. The Morgan fingerprint density at radius 2 is 1.95 bits per heavy atom. The fourth-order valence-electron chi connectivity index (χ4n) is 0.831. The minimum atomic E-state index is -4.72. The van der Waals surface area contributed by atoms with Crippen molar-refractivity contribution in [3.8, 4) is 0 Å². The number of hydrogen-bond donors (Lipinski definition) is 3. The molecule has 0 amide bonds. The first-order chi connectivity index (χ1) is 7.76. The molecule has 9 nitrogen and oxygen atoms in total. The fourth-order valence-corrected chi connectivity index (χ4v) is 1.17. The van der Waals surface area contributed by atoms with E-state index in [1.807, 2.05) is 0 Å². The van der Waals surface area contributed by atoms with E-state index in [1.165, 1.54) is 0 Å². The molecular formula is C7H14N3Na2O6P. The monoisotopic (exact) mass is 313 g/mol. The van der Waals surface area contributed by atoms with Gasteiger partial charge in [-0.2, -0.15) is 0 Å². The SMILES string of the molecule is CC([O-])=N[C@@H](COP(=O)(O)O)C([O-])=NCCN.[Na+].[Na+]. The van der Waals surface area contributed by atoms with Gasteiger partial charge in [0.15, 0.2) is 0 Å². The summed E-state index contributed by atoms with van der Waals surface area (Å²) in [5, 5.41) is 22.1. The van der Waals surface area contributed by atoms with Crippen LogP contribution in [0.5, 0.6) is 0 Å². The van der Waals surface area contributed by atoms with Gasteiger partial charge in [0.05, 0.1) is 13.2 Å². The van der Waals surface area contributed by atoms with Crippen molar-refractivity contribution in [3.63, 3.8) is 0 Å². The van der Waals surface area contributed by atoms with Gasteiger partial charge in [-0.25, -0.2) is 4.57 Å². The van der Waals surface area contributed by atoms with Crippen LogP contribution in [0, 0.1) is 0 Å². The van der Waals surface area contributed by atoms with Gasteiger partial charge < -0.3 is 30.7 Å². The number of hydrogen-bond acceptors (Lipinski definition) is 7. The molecule has 0 spiro atoms. The molecule has 19 heavy (non-hydrogen) atoms. The zero-order valence-corrected chi connectivity index (χ0v) is 16.0. The number of nitrogens with two attached hydrogens (primary N) is 1. The first-order valence-corrected chi connectivity index (χ1v) is 6.12. The van der Waals surface area contributed by atoms with Crippen molar-refractivity contribution in [2.75, 3.05) is 19.7 Å². The Labute approximate surface area is 155 Å². The predicted octanol–water partition coefficient (Wildman–Crippen LogP) is -9.03. The summed E-state index contributed by atoms with van der Waals surface area (Å²) >= 11 is 0. The normalized spacial score (nSPS) is 14.3. The van der Waals surface area contributed by atoms with Crippen molar-refractivity contribution in [2.45, 2.75) is 13.0 Å². The second-order valence-corrected chi connectivity index (χ2v) is 4.20. The summed E-state index contributed by atoms with van der Waals surface area (Å²) in [6.45, 7) is 0.563. The summed E-state index contributed by atoms with van der Waals surface area (Å²) in [6.07, 6.45) is 0. The van der Waals surface area contributed by atoms with Crippen LogP contribution in [0.1, 0.15) is 6.92 Å². The number of nitrogens with zero attached hydrogens (tertiary/aromatic N) is 2. The number of phosphoric acid groups is 1. The molecule has 0 fully saturated rings. The fraction of sp³-hybridized carbons (Fsp3) is 0.714. The summed E-state index contributed by atoms with van der Waals surface area (Å²) in [6, 6.07) is -1.35. The van der Waals surface area contributed by atoms with Crippen LogP contribution >= 0.6 is 7.82 Å². The average Bonchev–Trinajstić information content (AvgIpc) is 2.18. The number of phosphoric ester groups is 1. The standard InChI is InChI=1S/C7H16N3O6P.2Na/c1-5(11)10-6(4-16-17(13,14)15)7(12)9-3-2-8;;/h6H,2-4,8H2,1H3,(H,9,12)(H,10,11)(H2,13,14,15);;/q;2*+1/p-2/t6-;;/m0../s1. The summed E-state index contributed by atoms with van der Waals surface area (Å²) in [5.41, 5.74) is 5.12. The topological polar surface area (TPSA) is 164 Å². The molecule has 12 heteroatoms. The largest absolute Gasteiger partial charge is 1.00 e. The van der Waals surface area contributed by atoms with Gasteiger partial charge in [0.1, 0.15) is 6.04 Å². The van der Waals surface area contributed by atoms with E-state index in [4.69, 9.17) is 15.5 Å². The van der Waals surface area contributed by atoms with Crippen LogP contribution in [-0.2, 0) is 9.09 Å². The molecule has 0 aliphatic heterocycles. The Hall–Kier alpha value is 1.01. The first-order valence-electron chi connectivity index (χ1n) is 4.59. The van der Waals surface area contributed by atoms with Gasteiger partial charge in [-0.1, -0.05) is 0 Å². The molecule has 0 radical (unpaired) electrons. The maximum atomic E-state index is 11.4. The predicted molar refractivity (Wildman–Crippen MR) is 56.2 cm³/mol. The van der Waals surface area contributed by atoms with E-state index in [-0.39, 0.29) is 72.2 Å². The summed E-state index contributed by atoms with van der Waals surface area (Å²) in [7, 11) is -4.72. The minimum Gasteiger partial charge on any atom is -0.862 e. The van der Waals surface area contributed by atoms with E-state index in [1.54, 1.807) is 0 Å². The molecule has 0 aliphatic carbocycles. The summed E-state index contributed by atoms with van der Waals surface area (Å²) < 4.78 is 14.5. The zero-order chi connectivity index (χ0) is 13.5. The third kappa shape index (κ3) is 15.2. The summed E-state index contributed by atoms with van der Waals surface area (Å²) in [4.78, 5) is 23.7. The Morgan fingerprint density at radius 3 is 2.32 bits per heavy atom. The van der Waals surface area contributed by atoms with Crippen molar-refractivity contribution in [1.82, 2.24) is 0 Å². The molecule has 1 atom stereocenters. The molecular weight excluding hydrogens is 299 g/mol. The molecule has 4 N–H and O–H groups in total. The minimum absolute atomic E-state index is 0. The summed E-state index contributed by atoms with van der Waals surface area (Å²) in [5.74, 6) is -1.47. The first kappa shape index (κ1) is 25.0. The molecule has 0 unspecified atom stereocenters. The maximum Gasteiger partial charge on any atom is 1.00 e. The Morgan fingerprint density at radius 1 is 1.42 bits per heavy atom. The van der Waals surface area contributed by atoms with Gasteiger partial charge in [-0.15, -0.1) is 0 Å². The van der Waals surface area contributed by atoms with Gasteiger partial charge >= 0.3 is 66.9 Å². The smallest absolute Gasteiger partial charge is 0.862 e. The number of aliphatic imine (C=N–C) groups is 2. The maximum absolute atomic E-state index is 11.4. The van der Waals surface area contributed by atoms with Crippen LogP contribution < -0.4 is 75.1 Å². The van der Waals surface area contributed by atoms with Crippen LogP contribution in [0.4, 0.5) is 0 Å². The molecule has 0 bridgehead atoms. The van der Waals surface area contributed by atoms with Crippen molar-refractivity contribution in [2.24, 2.45) is 15.7 Å². The molecule has 0 saturated carbocycles. The Balaban J connectivity index is -0.00000128. The van der Waals surface area contributed by atoms with Crippen LogP contribution in [-0.4, -0.2) is 47.3 Å². The van der Waals surface area contributed by atoms with E-state index >= 15 is 0 Å². The van der Waals surface area contributed by atoms with Gasteiger partial charge in [0, 0.05) is 6.54 Å². The molecule has 0 aromatic rings. The van der Waals surface area contributed by atoms with Crippen molar-refractivity contribution < 1.29 is 88.2 Å². The van der Waals surface area contributed by atoms with Gasteiger partial charge in [-0.3, -0.25) is 9.52 Å². The molecule has 0 saturated heterocycles. The zero-order valence-electron chi connectivity index (χ0n) is 11.1. The quantitative estimate of drug-likeness (QED) is 0.182. The molecule has 0 rings (SSSR count). The van der Waals surface area contributed by atoms with E-state index in [0.29, 0.717) is 0 Å². The molecule has 0 aromatic carbocycles. The van der Waals surface area contributed by atoms with Crippen LogP contribution in [0.25, 0.3) is 0 Å².